The molecule has 0 spiro atoms. The number of hydrogen-bond acceptors (Lipinski definition) is 2. The maximum atomic E-state index is 13.9. The molecule has 128 valence electrons. The number of amides is 1. The van der Waals surface area contributed by atoms with Gasteiger partial charge in [-0.05, 0) is 32.8 Å². The van der Waals surface area contributed by atoms with E-state index in [1.165, 1.54) is 12.5 Å². The van der Waals surface area contributed by atoms with Gasteiger partial charge in [-0.2, -0.15) is 5.10 Å². The fraction of sp³-hybridized carbons (Fsp3) is 0.474. The number of rotatable bonds is 4. The third kappa shape index (κ3) is 3.50. The van der Waals surface area contributed by atoms with Crippen molar-refractivity contribution in [3.63, 3.8) is 0 Å². The second-order valence-electron chi connectivity index (χ2n) is 6.62. The fourth-order valence-corrected chi connectivity index (χ4v) is 3.41. The van der Waals surface area contributed by atoms with Crippen LogP contribution in [0, 0.1) is 25.6 Å². The molecule has 1 amide bonds. The molecule has 2 aromatic rings. The van der Waals surface area contributed by atoms with E-state index in [0.29, 0.717) is 12.1 Å². The van der Waals surface area contributed by atoms with Gasteiger partial charge in [-0.3, -0.25) is 9.48 Å². The van der Waals surface area contributed by atoms with E-state index >= 15 is 0 Å². The van der Waals surface area contributed by atoms with Crippen molar-refractivity contribution in [2.75, 3.05) is 5.32 Å². The van der Waals surface area contributed by atoms with Crippen LogP contribution in [0.15, 0.2) is 24.3 Å². The lowest BCUT2D eigenvalue weighted by Crippen LogP contribution is -2.25. The highest BCUT2D eigenvalue weighted by molar-refractivity contribution is 5.93. The molecule has 0 unspecified atom stereocenters. The first-order valence-corrected chi connectivity index (χ1v) is 8.64. The molecule has 0 atom stereocenters. The van der Waals surface area contributed by atoms with E-state index in [2.05, 4.69) is 10.4 Å². The lowest BCUT2D eigenvalue weighted by Gasteiger charge is -2.20. The third-order valence-corrected chi connectivity index (χ3v) is 4.88. The monoisotopic (exact) mass is 329 g/mol. The summed E-state index contributed by atoms with van der Waals surface area (Å²) in [4.78, 5) is 12.5. The van der Waals surface area contributed by atoms with Gasteiger partial charge in [0, 0.05) is 11.5 Å². The van der Waals surface area contributed by atoms with E-state index in [1.807, 2.05) is 19.9 Å². The van der Waals surface area contributed by atoms with Gasteiger partial charge in [0.2, 0.25) is 5.91 Å². The zero-order valence-electron chi connectivity index (χ0n) is 14.3. The lowest BCUT2D eigenvalue weighted by atomic mass is 9.88. The van der Waals surface area contributed by atoms with Crippen molar-refractivity contribution in [3.8, 4) is 0 Å². The summed E-state index contributed by atoms with van der Waals surface area (Å²) in [6.45, 7) is 4.15. The average molecular weight is 329 g/mol. The summed E-state index contributed by atoms with van der Waals surface area (Å²) >= 11 is 0. The molecule has 1 aliphatic carbocycles. The van der Waals surface area contributed by atoms with Crippen molar-refractivity contribution >= 4 is 11.6 Å². The summed E-state index contributed by atoms with van der Waals surface area (Å²) in [5, 5.41) is 7.53. The normalized spacial score (nSPS) is 15.5. The molecule has 24 heavy (non-hydrogen) atoms. The maximum Gasteiger partial charge on any atom is 0.227 e. The molecule has 1 heterocycles. The molecule has 0 aliphatic heterocycles. The highest BCUT2D eigenvalue weighted by Gasteiger charge is 2.23. The second kappa shape index (κ2) is 7.16. The van der Waals surface area contributed by atoms with E-state index in [9.17, 15) is 9.18 Å². The minimum atomic E-state index is -0.238. The summed E-state index contributed by atoms with van der Waals surface area (Å²) in [6.07, 6.45) is 5.41. The SMILES string of the molecule is Cc1nn(Cc2ccccc2F)c(C)c1NC(=O)C1CCCCC1. The Morgan fingerprint density at radius 3 is 2.67 bits per heavy atom. The van der Waals surface area contributed by atoms with Crippen molar-refractivity contribution in [1.29, 1.82) is 0 Å². The van der Waals surface area contributed by atoms with Gasteiger partial charge in [0.05, 0.1) is 23.6 Å². The molecule has 1 aliphatic rings. The number of nitrogens with one attached hydrogen (secondary N) is 1. The van der Waals surface area contributed by atoms with Gasteiger partial charge in [-0.1, -0.05) is 37.5 Å². The number of halogens is 1. The largest absolute Gasteiger partial charge is 0.323 e. The zero-order valence-corrected chi connectivity index (χ0v) is 14.3. The molecule has 5 heteroatoms. The number of nitrogens with zero attached hydrogens (tertiary/aromatic N) is 2. The van der Waals surface area contributed by atoms with Gasteiger partial charge < -0.3 is 5.32 Å². The Balaban J connectivity index is 1.76. The predicted octanol–water partition coefficient (Wildman–Crippen LogP) is 4.21. The maximum absolute atomic E-state index is 13.9. The Morgan fingerprint density at radius 1 is 1.25 bits per heavy atom. The van der Waals surface area contributed by atoms with Crippen LogP contribution < -0.4 is 5.32 Å². The van der Waals surface area contributed by atoms with Gasteiger partial charge in [0.25, 0.3) is 0 Å². The Labute approximate surface area is 142 Å². The summed E-state index contributed by atoms with van der Waals surface area (Å²) in [7, 11) is 0. The number of benzene rings is 1. The average Bonchev–Trinajstić information content (AvgIpc) is 2.85. The van der Waals surface area contributed by atoms with Crippen molar-refractivity contribution in [2.24, 2.45) is 5.92 Å². The first-order chi connectivity index (χ1) is 11.6. The van der Waals surface area contributed by atoms with E-state index < -0.39 is 0 Å². The van der Waals surface area contributed by atoms with Gasteiger partial charge in [-0.15, -0.1) is 0 Å². The van der Waals surface area contributed by atoms with Crippen LogP contribution in [0.25, 0.3) is 0 Å². The quantitative estimate of drug-likeness (QED) is 0.913. The van der Waals surface area contributed by atoms with Crippen LogP contribution in [0.5, 0.6) is 0 Å². The molecular formula is C19H24FN3O. The molecule has 3 rings (SSSR count). The highest BCUT2D eigenvalue weighted by Crippen LogP contribution is 2.27. The minimum Gasteiger partial charge on any atom is -0.323 e. The van der Waals surface area contributed by atoms with Crippen LogP contribution >= 0.6 is 0 Å². The highest BCUT2D eigenvalue weighted by atomic mass is 19.1. The molecule has 0 saturated heterocycles. The Morgan fingerprint density at radius 2 is 1.96 bits per heavy atom. The topological polar surface area (TPSA) is 46.9 Å². The molecule has 0 bridgehead atoms. The zero-order chi connectivity index (χ0) is 17.1. The van der Waals surface area contributed by atoms with Gasteiger partial charge in [0.1, 0.15) is 5.82 Å². The van der Waals surface area contributed by atoms with E-state index in [-0.39, 0.29) is 17.6 Å². The van der Waals surface area contributed by atoms with Crippen LogP contribution in [0.3, 0.4) is 0 Å². The summed E-state index contributed by atoms with van der Waals surface area (Å²) in [5.74, 6) is -0.0448. The smallest absolute Gasteiger partial charge is 0.227 e. The molecule has 1 saturated carbocycles. The summed E-state index contributed by atoms with van der Waals surface area (Å²) in [5.41, 5.74) is 2.99. The van der Waals surface area contributed by atoms with Crippen LogP contribution in [0.2, 0.25) is 0 Å². The number of hydrogen-bond donors (Lipinski definition) is 1. The fourth-order valence-electron chi connectivity index (χ4n) is 3.41. The number of anilines is 1. The van der Waals surface area contributed by atoms with Crippen molar-refractivity contribution in [2.45, 2.75) is 52.5 Å². The number of carbonyl (C=O) groups is 1. The molecule has 4 nitrogen and oxygen atoms in total. The number of carbonyl (C=O) groups excluding carboxylic acids is 1. The van der Waals surface area contributed by atoms with Crippen LogP contribution in [0.4, 0.5) is 10.1 Å². The van der Waals surface area contributed by atoms with Gasteiger partial charge >= 0.3 is 0 Å². The first kappa shape index (κ1) is 16.7. The van der Waals surface area contributed by atoms with Crippen molar-refractivity contribution < 1.29 is 9.18 Å². The van der Waals surface area contributed by atoms with E-state index in [1.54, 1.807) is 16.8 Å². The number of aromatic nitrogens is 2. The first-order valence-electron chi connectivity index (χ1n) is 8.64. The van der Waals surface area contributed by atoms with Gasteiger partial charge in [-0.25, -0.2) is 4.39 Å². The molecular weight excluding hydrogens is 305 g/mol. The molecule has 1 aromatic carbocycles. The summed E-state index contributed by atoms with van der Waals surface area (Å²) in [6, 6.07) is 6.70. The molecule has 1 N–H and O–H groups in total. The Hall–Kier alpha value is -2.17. The Kier molecular flexibility index (Phi) is 4.97. The third-order valence-electron chi connectivity index (χ3n) is 4.88. The van der Waals surface area contributed by atoms with E-state index in [0.717, 1.165) is 42.8 Å². The van der Waals surface area contributed by atoms with E-state index in [4.69, 9.17) is 0 Å². The molecule has 1 aromatic heterocycles. The number of aryl methyl sites for hydroxylation is 1. The standard InChI is InChI=1S/C19H24FN3O/c1-13-18(21-19(24)15-8-4-3-5-9-15)14(2)23(22-13)12-16-10-6-7-11-17(16)20/h6-7,10-11,15H,3-5,8-9,12H2,1-2H3,(H,21,24). The van der Waals surface area contributed by atoms with Gasteiger partial charge in [0.15, 0.2) is 0 Å². The van der Waals surface area contributed by atoms with Crippen LogP contribution in [-0.2, 0) is 11.3 Å². The second-order valence-corrected chi connectivity index (χ2v) is 6.62. The lowest BCUT2D eigenvalue weighted by molar-refractivity contribution is -0.120. The molecule has 0 radical (unpaired) electrons. The molecule has 1 fully saturated rings. The van der Waals surface area contributed by atoms with Crippen molar-refractivity contribution in [3.05, 3.63) is 47.0 Å². The minimum absolute atomic E-state index is 0.0892. The van der Waals surface area contributed by atoms with Crippen molar-refractivity contribution in [1.82, 2.24) is 9.78 Å². The van der Waals surface area contributed by atoms with Crippen LogP contribution in [-0.4, -0.2) is 15.7 Å². The summed E-state index contributed by atoms with van der Waals surface area (Å²) < 4.78 is 15.6. The Bertz CT molecular complexity index is 732. The predicted molar refractivity (Wildman–Crippen MR) is 92.4 cm³/mol. The van der Waals surface area contributed by atoms with Crippen LogP contribution in [0.1, 0.15) is 49.1 Å².